The molecule has 10 heteroatoms. The quantitative estimate of drug-likeness (QED) is 0.474. The highest BCUT2D eigenvalue weighted by Crippen LogP contribution is 2.33. The molecule has 2 fully saturated rings. The van der Waals surface area contributed by atoms with Crippen LogP contribution in [-0.2, 0) is 9.53 Å². The number of amides is 3. The van der Waals surface area contributed by atoms with Gasteiger partial charge in [-0.15, -0.1) is 0 Å². The lowest BCUT2D eigenvalue weighted by atomic mass is 9.96. The van der Waals surface area contributed by atoms with Crippen LogP contribution in [0.25, 0.3) is 10.9 Å². The number of nitrogens with one attached hydrogen (secondary N) is 3. The van der Waals surface area contributed by atoms with Gasteiger partial charge in [-0.25, -0.2) is 4.79 Å². The van der Waals surface area contributed by atoms with Crippen LogP contribution in [0.5, 0.6) is 0 Å². The van der Waals surface area contributed by atoms with Gasteiger partial charge >= 0.3 is 6.09 Å². The lowest BCUT2D eigenvalue weighted by molar-refractivity contribution is -0.121. The number of anilines is 1. The lowest BCUT2D eigenvalue weighted by Crippen LogP contribution is -2.41. The number of aromatic amines is 2. The molecule has 5 rings (SSSR count). The molecule has 0 spiro atoms. The van der Waals surface area contributed by atoms with Crippen molar-refractivity contribution >= 4 is 34.6 Å². The third-order valence-electron chi connectivity index (χ3n) is 7.46. The van der Waals surface area contributed by atoms with Gasteiger partial charge in [0.2, 0.25) is 5.91 Å². The zero-order valence-corrected chi connectivity index (χ0v) is 21.4. The number of aryl methyl sites for hydroxylation is 1. The van der Waals surface area contributed by atoms with Crippen molar-refractivity contribution in [3.8, 4) is 0 Å². The van der Waals surface area contributed by atoms with E-state index in [4.69, 9.17) is 4.74 Å². The highest BCUT2D eigenvalue weighted by Gasteiger charge is 2.32. The fourth-order valence-electron chi connectivity index (χ4n) is 5.41. The minimum absolute atomic E-state index is 0.0335. The summed E-state index contributed by atoms with van der Waals surface area (Å²) in [5.74, 6) is 0.122. The first kappa shape index (κ1) is 24.9. The summed E-state index contributed by atoms with van der Waals surface area (Å²) in [5, 5.41) is 11.3. The van der Waals surface area contributed by atoms with Crippen LogP contribution in [-0.4, -0.2) is 69.1 Å². The van der Waals surface area contributed by atoms with Crippen molar-refractivity contribution < 1.29 is 19.1 Å². The first-order chi connectivity index (χ1) is 17.9. The van der Waals surface area contributed by atoms with Crippen LogP contribution in [0.15, 0.2) is 30.3 Å². The highest BCUT2D eigenvalue weighted by atomic mass is 16.6. The van der Waals surface area contributed by atoms with Gasteiger partial charge in [-0.1, -0.05) is 18.2 Å². The second kappa shape index (κ2) is 10.7. The van der Waals surface area contributed by atoms with Gasteiger partial charge in [0, 0.05) is 42.5 Å². The van der Waals surface area contributed by atoms with E-state index in [0.29, 0.717) is 50.6 Å². The standard InChI is InChI=1S/C27H34N6O4/c1-3-37-27(36)32-13-10-18(11-14-32)25(34)29-23-16-20(30-31-23)22-9-4-5-12-33(22)26(35)21-15-19-8-6-7-17(2)24(19)28-21/h6-8,15-16,18,22,28H,3-5,9-14H2,1-2H3,(H2,29,30,31,34). The van der Waals surface area contributed by atoms with E-state index >= 15 is 0 Å². The van der Waals surface area contributed by atoms with Gasteiger partial charge in [-0.3, -0.25) is 14.7 Å². The Bertz CT molecular complexity index is 1290. The first-order valence-electron chi connectivity index (χ1n) is 13.1. The van der Waals surface area contributed by atoms with Crippen LogP contribution in [0.4, 0.5) is 10.6 Å². The molecule has 3 N–H and O–H groups in total. The molecule has 0 radical (unpaired) electrons. The van der Waals surface area contributed by atoms with E-state index in [9.17, 15) is 14.4 Å². The number of piperidine rings is 2. The number of carbonyl (C=O) groups is 3. The molecular formula is C27H34N6O4. The number of nitrogens with zero attached hydrogens (tertiary/aromatic N) is 3. The number of fused-ring (bicyclic) bond motifs is 1. The largest absolute Gasteiger partial charge is 0.450 e. The molecular weight excluding hydrogens is 472 g/mol. The van der Waals surface area contributed by atoms with Crippen molar-refractivity contribution in [2.45, 2.75) is 52.0 Å². The van der Waals surface area contributed by atoms with Gasteiger partial charge in [-0.2, -0.15) is 5.10 Å². The Kier molecular flexibility index (Phi) is 7.16. The number of aromatic nitrogens is 3. The summed E-state index contributed by atoms with van der Waals surface area (Å²) >= 11 is 0. The summed E-state index contributed by atoms with van der Waals surface area (Å²) in [6.07, 6.45) is 3.62. The zero-order chi connectivity index (χ0) is 25.9. The molecule has 2 aromatic heterocycles. The fraction of sp³-hybridized carbons (Fsp3) is 0.481. The van der Waals surface area contributed by atoms with Crippen LogP contribution in [0.1, 0.15) is 66.8 Å². The molecule has 10 nitrogen and oxygen atoms in total. The Morgan fingerprint density at radius 2 is 1.92 bits per heavy atom. The number of benzene rings is 1. The maximum absolute atomic E-state index is 13.5. The summed E-state index contributed by atoms with van der Waals surface area (Å²) in [6, 6.07) is 9.64. The first-order valence-corrected chi connectivity index (χ1v) is 13.1. The Morgan fingerprint density at radius 3 is 2.68 bits per heavy atom. The molecule has 0 bridgehead atoms. The molecule has 2 saturated heterocycles. The minimum Gasteiger partial charge on any atom is -0.450 e. The summed E-state index contributed by atoms with van der Waals surface area (Å²) in [6.45, 7) is 5.80. The average molecular weight is 507 g/mol. The molecule has 37 heavy (non-hydrogen) atoms. The maximum atomic E-state index is 13.5. The van der Waals surface area contributed by atoms with Gasteiger partial charge in [0.05, 0.1) is 18.3 Å². The molecule has 2 aliphatic rings. The third kappa shape index (κ3) is 5.19. The number of rotatable bonds is 5. The van der Waals surface area contributed by atoms with Gasteiger partial charge in [0.25, 0.3) is 5.91 Å². The van der Waals surface area contributed by atoms with Gasteiger partial charge in [0.1, 0.15) is 5.69 Å². The topological polar surface area (TPSA) is 123 Å². The van der Waals surface area contributed by atoms with Crippen LogP contribution in [0.2, 0.25) is 0 Å². The van der Waals surface area contributed by atoms with Crippen molar-refractivity contribution in [2.24, 2.45) is 5.92 Å². The number of carbonyl (C=O) groups excluding carboxylic acids is 3. The number of ether oxygens (including phenoxy) is 1. The van der Waals surface area contributed by atoms with E-state index < -0.39 is 0 Å². The van der Waals surface area contributed by atoms with E-state index in [-0.39, 0.29) is 29.9 Å². The molecule has 3 aromatic rings. The molecule has 1 atom stereocenters. The molecule has 1 aromatic carbocycles. The average Bonchev–Trinajstić information content (AvgIpc) is 3.57. The van der Waals surface area contributed by atoms with E-state index in [1.165, 1.54) is 0 Å². The summed E-state index contributed by atoms with van der Waals surface area (Å²) in [4.78, 5) is 45.1. The Morgan fingerprint density at radius 1 is 1.11 bits per heavy atom. The Hall–Kier alpha value is -3.82. The molecule has 0 saturated carbocycles. The molecule has 1 unspecified atom stereocenters. The number of H-pyrrole nitrogens is 2. The normalized spacial score (nSPS) is 18.7. The molecule has 0 aliphatic carbocycles. The predicted octanol–water partition coefficient (Wildman–Crippen LogP) is 4.37. The third-order valence-corrected chi connectivity index (χ3v) is 7.46. The molecule has 2 aliphatic heterocycles. The molecule has 196 valence electrons. The molecule has 3 amide bonds. The van der Waals surface area contributed by atoms with Gasteiger partial charge < -0.3 is 24.8 Å². The lowest BCUT2D eigenvalue weighted by Gasteiger charge is -2.34. The van der Waals surface area contributed by atoms with E-state index in [0.717, 1.165) is 41.4 Å². The number of hydrogen-bond donors (Lipinski definition) is 3. The van der Waals surface area contributed by atoms with E-state index in [1.807, 2.05) is 42.2 Å². The monoisotopic (exact) mass is 506 g/mol. The van der Waals surface area contributed by atoms with Gasteiger partial charge in [-0.05, 0) is 57.6 Å². The predicted molar refractivity (Wildman–Crippen MR) is 139 cm³/mol. The van der Waals surface area contributed by atoms with Crippen molar-refractivity contribution in [3.63, 3.8) is 0 Å². The summed E-state index contributed by atoms with van der Waals surface area (Å²) in [7, 11) is 0. The second-order valence-corrected chi connectivity index (χ2v) is 9.89. The van der Waals surface area contributed by atoms with Gasteiger partial charge in [0.15, 0.2) is 5.82 Å². The smallest absolute Gasteiger partial charge is 0.409 e. The number of likely N-dealkylation sites (tertiary alicyclic amines) is 2. The highest BCUT2D eigenvalue weighted by molar-refractivity contribution is 5.99. The minimum atomic E-state index is -0.326. The number of para-hydroxylation sites is 1. The number of hydrogen-bond acceptors (Lipinski definition) is 5. The SMILES string of the molecule is CCOC(=O)N1CCC(C(=O)Nc2cc(C3CCCCN3C(=O)c3cc4cccc(C)c4[nH]3)[nH]n2)CC1. The van der Waals surface area contributed by atoms with Crippen molar-refractivity contribution in [3.05, 3.63) is 47.3 Å². The van der Waals surface area contributed by atoms with Crippen molar-refractivity contribution in [1.82, 2.24) is 25.0 Å². The summed E-state index contributed by atoms with van der Waals surface area (Å²) in [5.41, 5.74) is 3.48. The Labute approximate surface area is 215 Å². The maximum Gasteiger partial charge on any atom is 0.409 e. The van der Waals surface area contributed by atoms with Crippen LogP contribution >= 0.6 is 0 Å². The Balaban J connectivity index is 1.24. The zero-order valence-electron chi connectivity index (χ0n) is 21.4. The summed E-state index contributed by atoms with van der Waals surface area (Å²) < 4.78 is 5.05. The fourth-order valence-corrected chi connectivity index (χ4v) is 5.41. The van der Waals surface area contributed by atoms with Crippen LogP contribution in [0.3, 0.4) is 0 Å². The van der Waals surface area contributed by atoms with E-state index in [1.54, 1.807) is 11.8 Å². The van der Waals surface area contributed by atoms with Crippen LogP contribution in [0, 0.1) is 12.8 Å². The van der Waals surface area contributed by atoms with Crippen molar-refractivity contribution in [1.29, 1.82) is 0 Å². The van der Waals surface area contributed by atoms with E-state index in [2.05, 4.69) is 20.5 Å². The van der Waals surface area contributed by atoms with Crippen LogP contribution < -0.4 is 5.32 Å². The second-order valence-electron chi connectivity index (χ2n) is 9.89. The molecule has 4 heterocycles. The van der Waals surface area contributed by atoms with Crippen molar-refractivity contribution in [2.75, 3.05) is 31.6 Å².